The Labute approximate surface area is 172 Å². The van der Waals surface area contributed by atoms with Crippen LogP contribution in [0.1, 0.15) is 21.5 Å². The van der Waals surface area contributed by atoms with E-state index in [0.29, 0.717) is 13.1 Å². The second kappa shape index (κ2) is 8.37. The van der Waals surface area contributed by atoms with Crippen LogP contribution in [0.15, 0.2) is 30.3 Å². The fourth-order valence-electron chi connectivity index (χ4n) is 3.89. The monoisotopic (exact) mass is 394 g/mol. The number of piperazine rings is 2. The van der Waals surface area contributed by atoms with Crippen molar-refractivity contribution >= 4 is 17.5 Å². The Morgan fingerprint density at radius 2 is 1.31 bits per heavy atom. The van der Waals surface area contributed by atoms with Gasteiger partial charge in [-0.15, -0.1) is 10.2 Å². The molecule has 0 radical (unpaired) electrons. The zero-order valence-corrected chi connectivity index (χ0v) is 17.6. The van der Waals surface area contributed by atoms with E-state index in [-0.39, 0.29) is 5.91 Å². The van der Waals surface area contributed by atoms with Crippen molar-refractivity contribution in [2.24, 2.45) is 0 Å². The van der Waals surface area contributed by atoms with Crippen molar-refractivity contribution in [3.63, 3.8) is 0 Å². The highest BCUT2D eigenvalue weighted by Gasteiger charge is 2.24. The minimum Gasteiger partial charge on any atom is -0.353 e. The summed E-state index contributed by atoms with van der Waals surface area (Å²) in [5, 5.41) is 8.92. The second-order valence-electron chi connectivity index (χ2n) is 8.12. The number of hydrogen-bond donors (Lipinski definition) is 0. The molecule has 7 heteroatoms. The average molecular weight is 395 g/mol. The van der Waals surface area contributed by atoms with Gasteiger partial charge in [-0.05, 0) is 56.3 Å². The molecular weight excluding hydrogens is 364 g/mol. The van der Waals surface area contributed by atoms with Crippen molar-refractivity contribution < 1.29 is 4.79 Å². The molecule has 0 N–H and O–H groups in total. The summed E-state index contributed by atoms with van der Waals surface area (Å²) >= 11 is 0. The predicted molar refractivity (Wildman–Crippen MR) is 116 cm³/mol. The van der Waals surface area contributed by atoms with Gasteiger partial charge in [-0.2, -0.15) is 0 Å². The molecule has 1 amide bonds. The Morgan fingerprint density at radius 3 is 1.83 bits per heavy atom. The first-order chi connectivity index (χ1) is 14.0. The third kappa shape index (κ3) is 4.34. The molecule has 29 heavy (non-hydrogen) atoms. The molecule has 2 aromatic rings. The zero-order valence-electron chi connectivity index (χ0n) is 17.6. The molecule has 3 heterocycles. The van der Waals surface area contributed by atoms with Crippen LogP contribution in [0.3, 0.4) is 0 Å². The van der Waals surface area contributed by atoms with Gasteiger partial charge in [0.25, 0.3) is 5.91 Å². The van der Waals surface area contributed by atoms with E-state index < -0.39 is 0 Å². The highest BCUT2D eigenvalue weighted by Crippen LogP contribution is 2.19. The molecule has 1 aromatic carbocycles. The highest BCUT2D eigenvalue weighted by atomic mass is 16.2. The molecule has 2 saturated heterocycles. The lowest BCUT2D eigenvalue weighted by Crippen LogP contribution is -2.49. The van der Waals surface area contributed by atoms with E-state index in [4.69, 9.17) is 0 Å². The van der Waals surface area contributed by atoms with Crippen LogP contribution >= 0.6 is 0 Å². The predicted octanol–water partition coefficient (Wildman–Crippen LogP) is 1.81. The van der Waals surface area contributed by atoms with Gasteiger partial charge in [0.1, 0.15) is 0 Å². The van der Waals surface area contributed by atoms with Gasteiger partial charge < -0.3 is 19.6 Å². The van der Waals surface area contributed by atoms with Crippen molar-refractivity contribution in [3.8, 4) is 0 Å². The summed E-state index contributed by atoms with van der Waals surface area (Å²) in [7, 11) is 2.15. The van der Waals surface area contributed by atoms with E-state index >= 15 is 0 Å². The molecule has 2 aliphatic rings. The van der Waals surface area contributed by atoms with Gasteiger partial charge in [-0.1, -0.05) is 6.07 Å². The number of carbonyl (C=O) groups excluding carboxylic acids is 1. The third-order valence-electron chi connectivity index (χ3n) is 6.11. The van der Waals surface area contributed by atoms with E-state index in [0.717, 1.165) is 62.0 Å². The van der Waals surface area contributed by atoms with Gasteiger partial charge in [0.05, 0.1) is 0 Å². The number of nitrogens with zero attached hydrogens (tertiary/aromatic N) is 6. The maximum Gasteiger partial charge on any atom is 0.253 e. The molecular formula is C22H30N6O. The van der Waals surface area contributed by atoms with E-state index in [9.17, 15) is 4.79 Å². The van der Waals surface area contributed by atoms with Gasteiger partial charge in [0.15, 0.2) is 11.6 Å². The number of aryl methyl sites for hydroxylation is 2. The van der Waals surface area contributed by atoms with Crippen molar-refractivity contribution in [2.75, 3.05) is 69.2 Å². The van der Waals surface area contributed by atoms with Gasteiger partial charge in [0.2, 0.25) is 0 Å². The van der Waals surface area contributed by atoms with Crippen molar-refractivity contribution in [2.45, 2.75) is 13.8 Å². The maximum atomic E-state index is 12.8. The minimum atomic E-state index is 0.115. The first kappa shape index (κ1) is 19.6. The van der Waals surface area contributed by atoms with Crippen LogP contribution in [-0.2, 0) is 0 Å². The average Bonchev–Trinajstić information content (AvgIpc) is 2.76. The lowest BCUT2D eigenvalue weighted by atomic mass is 10.1. The summed E-state index contributed by atoms with van der Waals surface area (Å²) in [6, 6.07) is 10.1. The Hall–Kier alpha value is -2.67. The molecule has 2 aliphatic heterocycles. The van der Waals surface area contributed by atoms with Crippen molar-refractivity contribution in [3.05, 3.63) is 47.0 Å². The first-order valence-electron chi connectivity index (χ1n) is 10.4. The van der Waals surface area contributed by atoms with Crippen LogP contribution in [0, 0.1) is 13.8 Å². The van der Waals surface area contributed by atoms with Gasteiger partial charge >= 0.3 is 0 Å². The summed E-state index contributed by atoms with van der Waals surface area (Å²) in [5.41, 5.74) is 3.15. The van der Waals surface area contributed by atoms with Crippen LogP contribution in [0.25, 0.3) is 0 Å². The number of benzene rings is 1. The smallest absolute Gasteiger partial charge is 0.253 e. The normalized spacial score (nSPS) is 18.2. The fourth-order valence-corrected chi connectivity index (χ4v) is 3.89. The molecule has 0 aliphatic carbocycles. The molecule has 0 unspecified atom stereocenters. The van der Waals surface area contributed by atoms with Crippen LogP contribution in [0.5, 0.6) is 0 Å². The number of likely N-dealkylation sites (N-methyl/N-ethyl adjacent to an activating group) is 1. The Bertz CT molecular complexity index is 852. The molecule has 0 bridgehead atoms. The Balaban J connectivity index is 1.34. The van der Waals surface area contributed by atoms with Crippen molar-refractivity contribution in [1.82, 2.24) is 20.0 Å². The van der Waals surface area contributed by atoms with E-state index in [2.05, 4.69) is 57.9 Å². The van der Waals surface area contributed by atoms with Crippen molar-refractivity contribution in [1.29, 1.82) is 0 Å². The molecule has 0 spiro atoms. The summed E-state index contributed by atoms with van der Waals surface area (Å²) in [5.74, 6) is 1.95. The number of anilines is 2. The SMILES string of the molecule is Cc1ccc(C(=O)N2CCN(c3ccc(N4CCN(C)CC4)nn3)CC2)cc1C. The topological polar surface area (TPSA) is 55.8 Å². The number of hydrogen-bond acceptors (Lipinski definition) is 6. The number of rotatable bonds is 3. The van der Waals surface area contributed by atoms with Crippen LogP contribution in [0.4, 0.5) is 11.6 Å². The summed E-state index contributed by atoms with van der Waals surface area (Å²) in [6.45, 7) is 11.2. The largest absolute Gasteiger partial charge is 0.353 e. The fraction of sp³-hybridized carbons (Fsp3) is 0.500. The quantitative estimate of drug-likeness (QED) is 0.791. The molecule has 0 saturated carbocycles. The standard InChI is InChI=1S/C22H30N6O/c1-17-4-5-19(16-18(17)2)22(29)28-14-12-27(13-15-28)21-7-6-20(23-24-21)26-10-8-25(3)9-11-26/h4-7,16H,8-15H2,1-3H3. The van der Waals surface area contributed by atoms with E-state index in [1.54, 1.807) is 0 Å². The maximum absolute atomic E-state index is 12.8. The van der Waals surface area contributed by atoms with E-state index in [1.807, 2.05) is 23.1 Å². The molecule has 4 rings (SSSR count). The number of carbonyl (C=O) groups is 1. The lowest BCUT2D eigenvalue weighted by molar-refractivity contribution is 0.0746. The van der Waals surface area contributed by atoms with Gasteiger partial charge in [-0.25, -0.2) is 0 Å². The van der Waals surface area contributed by atoms with Gasteiger partial charge in [0, 0.05) is 57.9 Å². The molecule has 2 fully saturated rings. The summed E-state index contributed by atoms with van der Waals surface area (Å²) in [4.78, 5) is 21.6. The van der Waals surface area contributed by atoms with E-state index in [1.165, 1.54) is 5.56 Å². The third-order valence-corrected chi connectivity index (χ3v) is 6.11. The summed E-state index contributed by atoms with van der Waals surface area (Å²) in [6.07, 6.45) is 0. The molecule has 0 atom stereocenters. The number of aromatic nitrogens is 2. The number of amides is 1. The van der Waals surface area contributed by atoms with Gasteiger partial charge in [-0.3, -0.25) is 4.79 Å². The Morgan fingerprint density at radius 1 is 0.759 bits per heavy atom. The molecule has 7 nitrogen and oxygen atoms in total. The molecule has 1 aromatic heterocycles. The summed E-state index contributed by atoms with van der Waals surface area (Å²) < 4.78 is 0. The zero-order chi connectivity index (χ0) is 20.4. The van der Waals surface area contributed by atoms with Crippen LogP contribution in [-0.4, -0.2) is 85.3 Å². The van der Waals surface area contributed by atoms with Crippen LogP contribution in [0.2, 0.25) is 0 Å². The first-order valence-corrected chi connectivity index (χ1v) is 10.4. The van der Waals surface area contributed by atoms with Crippen LogP contribution < -0.4 is 9.80 Å². The lowest BCUT2D eigenvalue weighted by Gasteiger charge is -2.36. The molecule has 154 valence electrons. The Kier molecular flexibility index (Phi) is 5.67. The minimum absolute atomic E-state index is 0.115. The second-order valence-corrected chi connectivity index (χ2v) is 8.12. The highest BCUT2D eigenvalue weighted by molar-refractivity contribution is 5.94.